The van der Waals surface area contributed by atoms with Crippen LogP contribution in [-0.4, -0.2) is 53.3 Å². The Morgan fingerprint density at radius 2 is 2.14 bits per heavy atom. The van der Waals surface area contributed by atoms with Crippen LogP contribution in [-0.2, 0) is 9.59 Å². The predicted octanol–water partition coefficient (Wildman–Crippen LogP) is 1.95. The van der Waals surface area contributed by atoms with Crippen LogP contribution in [0.5, 0.6) is 0 Å². The normalized spacial score (nSPS) is 18.1. The minimum atomic E-state index is -0.231. The Kier molecular flexibility index (Phi) is 5.44. The van der Waals surface area contributed by atoms with Crippen molar-refractivity contribution in [1.82, 2.24) is 9.80 Å². The largest absolute Gasteiger partial charge is 0.333 e. The Morgan fingerprint density at radius 3 is 2.81 bits per heavy atom. The number of likely N-dealkylation sites (N-methyl/N-ethyl adjacent to an activating group) is 1. The van der Waals surface area contributed by atoms with Crippen LogP contribution in [0.4, 0.5) is 0 Å². The van der Waals surface area contributed by atoms with Gasteiger partial charge in [0.05, 0.1) is 12.6 Å². The van der Waals surface area contributed by atoms with Gasteiger partial charge in [0.25, 0.3) is 0 Å². The molecule has 21 heavy (non-hydrogen) atoms. The summed E-state index contributed by atoms with van der Waals surface area (Å²) in [4.78, 5) is 27.3. The lowest BCUT2D eigenvalue weighted by atomic mass is 10.1. The second kappa shape index (κ2) is 7.31. The van der Waals surface area contributed by atoms with Gasteiger partial charge < -0.3 is 9.80 Å². The molecule has 0 bridgehead atoms. The Morgan fingerprint density at radius 1 is 1.43 bits per heavy atom. The number of carbonyl (C=O) groups is 2. The lowest BCUT2D eigenvalue weighted by Gasteiger charge is -2.36. The van der Waals surface area contributed by atoms with Gasteiger partial charge in [0.15, 0.2) is 0 Å². The molecular weight excluding hydrogens is 284 g/mol. The molecule has 0 saturated carbocycles. The van der Waals surface area contributed by atoms with Crippen molar-refractivity contribution >= 4 is 23.6 Å². The molecule has 0 N–H and O–H groups in total. The van der Waals surface area contributed by atoms with Crippen LogP contribution < -0.4 is 0 Å². The Labute approximate surface area is 129 Å². The minimum absolute atomic E-state index is 0.0122. The van der Waals surface area contributed by atoms with Gasteiger partial charge in [-0.3, -0.25) is 9.59 Å². The van der Waals surface area contributed by atoms with Crippen molar-refractivity contribution < 1.29 is 9.59 Å². The zero-order valence-corrected chi connectivity index (χ0v) is 13.0. The highest BCUT2D eigenvalue weighted by Crippen LogP contribution is 2.29. The van der Waals surface area contributed by atoms with Gasteiger partial charge in [0, 0.05) is 25.1 Å². The number of amides is 2. The molecule has 0 aromatic heterocycles. The summed E-state index contributed by atoms with van der Waals surface area (Å²) >= 11 is 1.86. The smallest absolute Gasteiger partial charge is 0.246 e. The van der Waals surface area contributed by atoms with Crippen LogP contribution in [0.15, 0.2) is 43.0 Å². The average molecular weight is 304 g/mol. The number of rotatable bonds is 4. The summed E-state index contributed by atoms with van der Waals surface area (Å²) in [6.07, 6.45) is 1.23. The molecule has 0 spiro atoms. The van der Waals surface area contributed by atoms with Crippen molar-refractivity contribution in [1.29, 1.82) is 0 Å². The van der Waals surface area contributed by atoms with Crippen LogP contribution in [0.1, 0.15) is 11.6 Å². The third-order valence-electron chi connectivity index (χ3n) is 3.56. The minimum Gasteiger partial charge on any atom is -0.333 e. The lowest BCUT2D eigenvalue weighted by Crippen LogP contribution is -2.46. The highest BCUT2D eigenvalue weighted by molar-refractivity contribution is 7.99. The molecular formula is C16H20N2O2S. The molecule has 1 saturated heterocycles. The molecule has 1 heterocycles. The van der Waals surface area contributed by atoms with E-state index >= 15 is 0 Å². The molecule has 112 valence electrons. The van der Waals surface area contributed by atoms with E-state index in [0.717, 1.165) is 23.6 Å². The van der Waals surface area contributed by atoms with Crippen LogP contribution in [0.3, 0.4) is 0 Å². The summed E-state index contributed by atoms with van der Waals surface area (Å²) in [5.41, 5.74) is 1.15. The van der Waals surface area contributed by atoms with Crippen molar-refractivity contribution in [3.63, 3.8) is 0 Å². The second-order valence-electron chi connectivity index (χ2n) is 4.99. The molecule has 1 aromatic carbocycles. The third-order valence-corrected chi connectivity index (χ3v) is 4.58. The Hall–Kier alpha value is -1.75. The first-order chi connectivity index (χ1) is 10.1. The first-order valence-corrected chi connectivity index (χ1v) is 8.08. The van der Waals surface area contributed by atoms with Crippen LogP contribution >= 0.6 is 11.8 Å². The average Bonchev–Trinajstić information content (AvgIpc) is 2.54. The fraction of sp³-hybridized carbons (Fsp3) is 0.375. The van der Waals surface area contributed by atoms with Crippen molar-refractivity contribution in [2.24, 2.45) is 0 Å². The monoisotopic (exact) mass is 304 g/mol. The number of benzene rings is 1. The first kappa shape index (κ1) is 15.6. The zero-order chi connectivity index (χ0) is 15.2. The van der Waals surface area contributed by atoms with E-state index in [-0.39, 0.29) is 24.4 Å². The Bertz CT molecular complexity index is 518. The predicted molar refractivity (Wildman–Crippen MR) is 86.1 cm³/mol. The fourth-order valence-corrected chi connectivity index (χ4v) is 3.47. The number of thioether (sulfide) groups is 1. The number of hydrogen-bond acceptors (Lipinski definition) is 3. The standard InChI is InChI=1S/C16H20N2O2S/c1-3-15(19)17(2)11-16(20)18-9-10-21-12-14(18)13-7-5-4-6-8-13/h3-8,14H,1,9-12H2,2H3. The van der Waals surface area contributed by atoms with Gasteiger partial charge in [-0.2, -0.15) is 11.8 Å². The highest BCUT2D eigenvalue weighted by atomic mass is 32.2. The third kappa shape index (κ3) is 3.88. The van der Waals surface area contributed by atoms with Gasteiger partial charge in [-0.15, -0.1) is 0 Å². The number of carbonyl (C=O) groups excluding carboxylic acids is 2. The van der Waals surface area contributed by atoms with E-state index < -0.39 is 0 Å². The van der Waals surface area contributed by atoms with E-state index in [1.54, 1.807) is 7.05 Å². The topological polar surface area (TPSA) is 40.6 Å². The molecule has 0 radical (unpaired) electrons. The molecule has 0 aliphatic carbocycles. The van der Waals surface area contributed by atoms with Gasteiger partial charge in [-0.25, -0.2) is 0 Å². The molecule has 2 amide bonds. The molecule has 1 aliphatic rings. The fourth-order valence-electron chi connectivity index (χ4n) is 2.38. The van der Waals surface area contributed by atoms with Gasteiger partial charge in [0.1, 0.15) is 0 Å². The van der Waals surface area contributed by atoms with E-state index in [1.807, 2.05) is 34.9 Å². The van der Waals surface area contributed by atoms with Crippen molar-refractivity contribution in [2.45, 2.75) is 6.04 Å². The van der Waals surface area contributed by atoms with Gasteiger partial charge in [-0.1, -0.05) is 36.9 Å². The van der Waals surface area contributed by atoms with Gasteiger partial charge in [-0.05, 0) is 11.6 Å². The summed E-state index contributed by atoms with van der Waals surface area (Å²) < 4.78 is 0. The van der Waals surface area contributed by atoms with Crippen molar-refractivity contribution in [3.05, 3.63) is 48.6 Å². The van der Waals surface area contributed by atoms with Crippen LogP contribution in [0.2, 0.25) is 0 Å². The van der Waals surface area contributed by atoms with E-state index in [2.05, 4.69) is 18.7 Å². The van der Waals surface area contributed by atoms with Crippen molar-refractivity contribution in [2.75, 3.05) is 31.6 Å². The lowest BCUT2D eigenvalue weighted by molar-refractivity contribution is -0.138. The SMILES string of the molecule is C=CC(=O)N(C)CC(=O)N1CCSCC1c1ccccc1. The summed E-state index contributed by atoms with van der Waals surface area (Å²) in [6.45, 7) is 4.26. The van der Waals surface area contributed by atoms with Crippen LogP contribution in [0.25, 0.3) is 0 Å². The molecule has 1 atom stereocenters. The molecule has 4 nitrogen and oxygen atoms in total. The number of nitrogens with zero attached hydrogens (tertiary/aromatic N) is 2. The van der Waals surface area contributed by atoms with E-state index in [9.17, 15) is 9.59 Å². The maximum Gasteiger partial charge on any atom is 0.246 e. The van der Waals surface area contributed by atoms with E-state index in [1.165, 1.54) is 11.0 Å². The molecule has 1 aromatic rings. The first-order valence-electron chi connectivity index (χ1n) is 6.93. The molecule has 1 fully saturated rings. The summed E-state index contributed by atoms with van der Waals surface area (Å²) in [6, 6.07) is 10.1. The quantitative estimate of drug-likeness (QED) is 0.798. The van der Waals surface area contributed by atoms with Gasteiger partial charge >= 0.3 is 0 Å². The molecule has 1 unspecified atom stereocenters. The Balaban J connectivity index is 2.10. The second-order valence-corrected chi connectivity index (χ2v) is 6.14. The molecule has 1 aliphatic heterocycles. The zero-order valence-electron chi connectivity index (χ0n) is 12.2. The molecule has 5 heteroatoms. The maximum absolute atomic E-state index is 12.5. The van der Waals surface area contributed by atoms with Crippen molar-refractivity contribution in [3.8, 4) is 0 Å². The summed E-state index contributed by atoms with van der Waals surface area (Å²) in [7, 11) is 1.62. The van der Waals surface area contributed by atoms with Gasteiger partial charge in [0.2, 0.25) is 11.8 Å². The maximum atomic E-state index is 12.5. The van der Waals surface area contributed by atoms with E-state index in [0.29, 0.717) is 0 Å². The summed E-state index contributed by atoms with van der Waals surface area (Å²) in [5, 5.41) is 0. The molecule has 2 rings (SSSR count). The van der Waals surface area contributed by atoms with E-state index in [4.69, 9.17) is 0 Å². The highest BCUT2D eigenvalue weighted by Gasteiger charge is 2.28. The summed E-state index contributed by atoms with van der Waals surface area (Å²) in [5.74, 6) is 1.59. The van der Waals surface area contributed by atoms with Crippen LogP contribution in [0, 0.1) is 0 Å². The number of hydrogen-bond donors (Lipinski definition) is 0.